The van der Waals surface area contributed by atoms with Crippen LogP contribution in [0.1, 0.15) is 135 Å². The van der Waals surface area contributed by atoms with Gasteiger partial charge >= 0.3 is 217 Å². The van der Waals surface area contributed by atoms with Crippen molar-refractivity contribution in [1.29, 1.82) is 0 Å². The van der Waals surface area contributed by atoms with E-state index >= 15 is 0 Å². The molecular weight excluding hydrogens is 629 g/mol. The Morgan fingerprint density at radius 3 is 1.26 bits per heavy atom. The molecule has 1 heterocycles. The van der Waals surface area contributed by atoms with Gasteiger partial charge in [0.15, 0.2) is 0 Å². The second-order valence-corrected chi connectivity index (χ2v) is 14.5. The van der Waals surface area contributed by atoms with Crippen LogP contribution in [-0.2, 0) is 14.4 Å². The van der Waals surface area contributed by atoms with E-state index in [1.807, 2.05) is 6.49 Å². The van der Waals surface area contributed by atoms with E-state index in [0.29, 0.717) is 12.8 Å². The number of allylic oxidation sites excluding steroid dienone is 2. The van der Waals surface area contributed by atoms with Crippen LogP contribution in [0.5, 0.6) is 0 Å². The zero-order valence-electron chi connectivity index (χ0n) is 20.9. The Morgan fingerprint density at radius 1 is 0.471 bits per heavy atom. The van der Waals surface area contributed by atoms with Gasteiger partial charge in [0.2, 0.25) is 0 Å². The summed E-state index contributed by atoms with van der Waals surface area (Å²) in [7, 11) is 0. The number of hydrogen-bond donors (Lipinski definition) is 3. The van der Waals surface area contributed by atoms with Gasteiger partial charge < -0.3 is 0 Å². The monoisotopic (exact) mass is 674 g/mol. The van der Waals surface area contributed by atoms with Gasteiger partial charge in [-0.1, -0.05) is 0 Å². The first-order chi connectivity index (χ1) is 16.4. The molecule has 0 aromatic heterocycles. The molecule has 194 valence electrons. The van der Waals surface area contributed by atoms with Crippen molar-refractivity contribution in [3.8, 4) is 0 Å². The van der Waals surface area contributed by atoms with Gasteiger partial charge in [0.05, 0.1) is 0 Å². The van der Waals surface area contributed by atoms with E-state index in [1.165, 1.54) is 57.8 Å². The number of rotatable bonds is 24. The molecule has 0 aromatic rings. The van der Waals surface area contributed by atoms with Gasteiger partial charge in [-0.15, -0.1) is 0 Å². The molecule has 0 amide bonds. The predicted molar refractivity (Wildman–Crippen MR) is 138 cm³/mol. The van der Waals surface area contributed by atoms with Crippen LogP contribution in [0.25, 0.3) is 0 Å². The Morgan fingerprint density at radius 2 is 0.824 bits per heavy atom. The van der Waals surface area contributed by atoms with Crippen LogP contribution in [0.2, 0.25) is 0 Å². The summed E-state index contributed by atoms with van der Waals surface area (Å²) in [5, 5.41) is 26.2. The molecule has 0 saturated heterocycles. The molecule has 0 atom stereocenters. The average Bonchev–Trinajstić information content (AvgIpc) is 2.76. The van der Waals surface area contributed by atoms with E-state index in [9.17, 15) is 14.4 Å². The molecule has 6 nitrogen and oxygen atoms in total. The Bertz CT molecular complexity index is 683. The molecule has 0 saturated carbocycles. The summed E-state index contributed by atoms with van der Waals surface area (Å²) in [5.74, 6) is -2.08. The van der Waals surface area contributed by atoms with E-state index in [1.54, 1.807) is 5.57 Å². The number of aliphatic carboxylic acids is 3. The molecule has 1 rings (SSSR count). The molecule has 0 unspecified atom stereocenters. The zero-order chi connectivity index (χ0) is 25.0. The molecule has 0 spiro atoms. The summed E-state index contributed by atoms with van der Waals surface area (Å²) in [6.07, 6.45) is 20.7. The van der Waals surface area contributed by atoms with Gasteiger partial charge in [-0.25, -0.2) is 0 Å². The molecule has 0 fully saturated rings. The van der Waals surface area contributed by atoms with Crippen LogP contribution < -0.4 is 0 Å². The van der Waals surface area contributed by atoms with Crippen LogP contribution in [-0.4, -0.2) is 59.2 Å². The summed E-state index contributed by atoms with van der Waals surface area (Å²) >= 11 is -0.614. The molecular formula is C27H45BiO6. The minimum absolute atomic E-state index is 0.285. The predicted octanol–water partition coefficient (Wildman–Crippen LogP) is 6.58. The number of carbonyl (C=O) groups is 3. The van der Waals surface area contributed by atoms with Crippen molar-refractivity contribution in [1.82, 2.24) is 0 Å². The standard InChI is InChI=1S/C27H45O6.Bi/c28-25(29)21-15-9-3-1-6-12-18-24(20-14-8-5-11-17-23-27(32)33)19-13-7-2-4-10-16-22-26(30)31;/h1-17,20-23H2,(H,28,29)(H,30,31)(H,32,33);. The Kier molecular flexibility index (Phi) is 18.3. The van der Waals surface area contributed by atoms with Gasteiger partial charge in [0.1, 0.15) is 0 Å². The van der Waals surface area contributed by atoms with Crippen LogP contribution in [0.4, 0.5) is 0 Å². The molecule has 0 bridgehead atoms. The first-order valence-electron chi connectivity index (χ1n) is 13.4. The molecule has 0 radical (unpaired) electrons. The third kappa shape index (κ3) is 16.5. The van der Waals surface area contributed by atoms with Gasteiger partial charge in [-0.3, -0.25) is 0 Å². The van der Waals surface area contributed by atoms with Crippen LogP contribution in [0.15, 0.2) is 8.85 Å². The summed E-state index contributed by atoms with van der Waals surface area (Å²) in [5.41, 5.74) is 1.69. The fraction of sp³-hybridized carbons (Fsp3) is 0.778. The quantitative estimate of drug-likeness (QED) is 0.0789. The second kappa shape index (κ2) is 20.1. The van der Waals surface area contributed by atoms with Crippen molar-refractivity contribution in [2.45, 2.75) is 135 Å². The third-order valence-corrected chi connectivity index (χ3v) is 12.3. The zero-order valence-corrected chi connectivity index (χ0v) is 24.3. The van der Waals surface area contributed by atoms with Gasteiger partial charge in [0, 0.05) is 0 Å². The van der Waals surface area contributed by atoms with Crippen molar-refractivity contribution in [3.63, 3.8) is 0 Å². The SMILES string of the molecule is O=C(O)CCCCCCC[C]1=[Bi][C](CCCCCCCC(=O)O)=C1CCCCCCCC(=O)O. The minimum atomic E-state index is -0.696. The molecule has 0 aliphatic carbocycles. The molecule has 1 aliphatic rings. The second-order valence-electron chi connectivity index (χ2n) is 9.47. The fourth-order valence-electron chi connectivity index (χ4n) is 4.42. The van der Waals surface area contributed by atoms with Crippen LogP contribution >= 0.6 is 0 Å². The number of hydrogen-bond acceptors (Lipinski definition) is 3. The Hall–Kier alpha value is -1.10. The van der Waals surface area contributed by atoms with Crippen molar-refractivity contribution in [3.05, 3.63) is 8.85 Å². The van der Waals surface area contributed by atoms with Crippen molar-refractivity contribution < 1.29 is 29.7 Å². The van der Waals surface area contributed by atoms with E-state index in [2.05, 4.69) is 0 Å². The Balaban J connectivity index is 2.29. The number of carboxylic acids is 3. The van der Waals surface area contributed by atoms with Crippen molar-refractivity contribution in [2.24, 2.45) is 0 Å². The van der Waals surface area contributed by atoms with Crippen LogP contribution in [0, 0.1) is 0 Å². The Labute approximate surface area is 216 Å². The van der Waals surface area contributed by atoms with E-state index in [-0.39, 0.29) is 6.42 Å². The average molecular weight is 675 g/mol. The summed E-state index contributed by atoms with van der Waals surface area (Å²) < 4.78 is 3.63. The summed E-state index contributed by atoms with van der Waals surface area (Å²) in [6.45, 7) is 0. The maximum absolute atomic E-state index is 10.6. The number of unbranched alkanes of at least 4 members (excludes halogenated alkanes) is 12. The molecule has 0 aromatic carbocycles. The molecule has 1 aliphatic heterocycles. The van der Waals surface area contributed by atoms with E-state index < -0.39 is 40.7 Å². The first-order valence-corrected chi connectivity index (χ1v) is 16.8. The first kappa shape index (κ1) is 30.9. The van der Waals surface area contributed by atoms with Gasteiger partial charge in [0.25, 0.3) is 0 Å². The molecule has 7 heteroatoms. The fourth-order valence-corrected chi connectivity index (χ4v) is 10.1. The normalized spacial score (nSPS) is 13.0. The van der Waals surface area contributed by atoms with Gasteiger partial charge in [-0.05, 0) is 0 Å². The summed E-state index contributed by atoms with van der Waals surface area (Å²) in [4.78, 5) is 31.8. The van der Waals surface area contributed by atoms with Crippen LogP contribution in [0.3, 0.4) is 0 Å². The molecule has 3 N–H and O–H groups in total. The number of carboxylic acid groups (broad SMARTS) is 3. The van der Waals surface area contributed by atoms with Crippen molar-refractivity contribution >= 4 is 43.9 Å². The topological polar surface area (TPSA) is 112 Å². The van der Waals surface area contributed by atoms with E-state index in [4.69, 9.17) is 15.3 Å². The molecule has 34 heavy (non-hydrogen) atoms. The third-order valence-electron chi connectivity index (χ3n) is 6.39. The summed E-state index contributed by atoms with van der Waals surface area (Å²) in [6, 6.07) is 0. The van der Waals surface area contributed by atoms with Gasteiger partial charge in [-0.2, -0.15) is 0 Å². The maximum atomic E-state index is 10.6. The van der Waals surface area contributed by atoms with E-state index in [0.717, 1.165) is 57.8 Å². The van der Waals surface area contributed by atoms with Crippen molar-refractivity contribution in [2.75, 3.05) is 0 Å².